The zero-order valence-electron chi connectivity index (χ0n) is 10.9. The highest BCUT2D eigenvalue weighted by atomic mass is 16.5. The van der Waals surface area contributed by atoms with Crippen molar-refractivity contribution in [1.29, 1.82) is 0 Å². The van der Waals surface area contributed by atoms with Crippen LogP contribution in [0.5, 0.6) is 0 Å². The van der Waals surface area contributed by atoms with Gasteiger partial charge in [0.05, 0.1) is 11.3 Å². The number of amides is 1. The van der Waals surface area contributed by atoms with Gasteiger partial charge < -0.3 is 14.7 Å². The van der Waals surface area contributed by atoms with Gasteiger partial charge in [-0.1, -0.05) is 0 Å². The smallest absolute Gasteiger partial charge is 0.306 e. The van der Waals surface area contributed by atoms with Crippen molar-refractivity contribution in [2.24, 2.45) is 11.3 Å². The van der Waals surface area contributed by atoms with Crippen molar-refractivity contribution in [3.63, 3.8) is 0 Å². The molecule has 0 spiro atoms. The Morgan fingerprint density at radius 2 is 1.94 bits per heavy atom. The second-order valence-electron chi connectivity index (χ2n) is 5.43. The van der Waals surface area contributed by atoms with Crippen molar-refractivity contribution in [3.8, 4) is 0 Å². The normalized spacial score (nSPS) is 22.8. The fourth-order valence-corrected chi connectivity index (χ4v) is 2.68. The van der Waals surface area contributed by atoms with Crippen LogP contribution in [0.4, 0.5) is 0 Å². The van der Waals surface area contributed by atoms with Crippen molar-refractivity contribution < 1.29 is 19.4 Å². The molecule has 0 aromatic heterocycles. The number of methoxy groups -OCH3 is 1. The van der Waals surface area contributed by atoms with Crippen LogP contribution in [-0.4, -0.2) is 48.7 Å². The Labute approximate surface area is 107 Å². The van der Waals surface area contributed by atoms with E-state index < -0.39 is 5.97 Å². The number of carboxylic acid groups (broad SMARTS) is 1. The second kappa shape index (κ2) is 5.26. The Morgan fingerprint density at radius 3 is 2.39 bits per heavy atom. The van der Waals surface area contributed by atoms with E-state index in [1.165, 1.54) is 0 Å². The molecular formula is C13H21NO4. The molecule has 0 unspecified atom stereocenters. The van der Waals surface area contributed by atoms with E-state index in [9.17, 15) is 9.59 Å². The maximum absolute atomic E-state index is 12.4. The van der Waals surface area contributed by atoms with Gasteiger partial charge in [-0.25, -0.2) is 0 Å². The molecule has 18 heavy (non-hydrogen) atoms. The Morgan fingerprint density at radius 1 is 1.33 bits per heavy atom. The number of nitrogens with zero attached hydrogens (tertiary/aromatic N) is 1. The standard InChI is InChI=1S/C13H21NO4/c1-18-9-6-13(4-5-13)12(17)14-7-2-10(3-8-14)11(15)16/h10H,2-9H2,1H3,(H,15,16). The third-order valence-electron chi connectivity index (χ3n) is 4.22. The number of likely N-dealkylation sites (tertiary alicyclic amines) is 1. The number of piperidine rings is 1. The third kappa shape index (κ3) is 2.66. The monoisotopic (exact) mass is 255 g/mol. The van der Waals surface area contributed by atoms with Gasteiger partial charge in [0.25, 0.3) is 0 Å². The highest BCUT2D eigenvalue weighted by molar-refractivity contribution is 5.85. The van der Waals surface area contributed by atoms with Gasteiger partial charge >= 0.3 is 5.97 Å². The number of aliphatic carboxylic acids is 1. The van der Waals surface area contributed by atoms with E-state index in [1.54, 1.807) is 7.11 Å². The predicted octanol–water partition coefficient (Wildman–Crippen LogP) is 1.13. The average molecular weight is 255 g/mol. The quantitative estimate of drug-likeness (QED) is 0.799. The van der Waals surface area contributed by atoms with Crippen molar-refractivity contribution in [1.82, 2.24) is 4.90 Å². The molecule has 0 aromatic carbocycles. The molecule has 1 N–H and O–H groups in total. The van der Waals surface area contributed by atoms with Crippen molar-refractivity contribution in [2.75, 3.05) is 26.8 Å². The van der Waals surface area contributed by atoms with E-state index >= 15 is 0 Å². The third-order valence-corrected chi connectivity index (χ3v) is 4.22. The zero-order valence-corrected chi connectivity index (χ0v) is 10.9. The molecule has 2 aliphatic rings. The molecule has 1 aliphatic heterocycles. The molecule has 1 aliphatic carbocycles. The summed E-state index contributed by atoms with van der Waals surface area (Å²) in [6.07, 6.45) is 3.87. The first-order valence-corrected chi connectivity index (χ1v) is 6.60. The molecule has 1 saturated heterocycles. The van der Waals surface area contributed by atoms with E-state index in [2.05, 4.69) is 0 Å². The topological polar surface area (TPSA) is 66.8 Å². The number of rotatable bonds is 5. The van der Waals surface area contributed by atoms with Gasteiger partial charge in [-0.15, -0.1) is 0 Å². The summed E-state index contributed by atoms with van der Waals surface area (Å²) >= 11 is 0. The van der Waals surface area contributed by atoms with Crippen LogP contribution < -0.4 is 0 Å². The van der Waals surface area contributed by atoms with Crippen LogP contribution in [0.3, 0.4) is 0 Å². The number of carbonyl (C=O) groups excluding carboxylic acids is 1. The van der Waals surface area contributed by atoms with Crippen LogP contribution in [0, 0.1) is 11.3 Å². The van der Waals surface area contributed by atoms with Gasteiger partial charge in [0.1, 0.15) is 0 Å². The molecule has 1 heterocycles. The number of hydrogen-bond acceptors (Lipinski definition) is 3. The van der Waals surface area contributed by atoms with Crippen LogP contribution in [0.25, 0.3) is 0 Å². The molecule has 5 nitrogen and oxygen atoms in total. The minimum atomic E-state index is -0.734. The Balaban J connectivity index is 1.86. The van der Waals surface area contributed by atoms with E-state index in [1.807, 2.05) is 4.90 Å². The van der Waals surface area contributed by atoms with E-state index in [-0.39, 0.29) is 17.2 Å². The van der Waals surface area contributed by atoms with Crippen LogP contribution in [0.15, 0.2) is 0 Å². The Bertz CT molecular complexity index is 330. The summed E-state index contributed by atoms with van der Waals surface area (Å²) in [6, 6.07) is 0. The largest absolute Gasteiger partial charge is 0.481 e. The van der Waals surface area contributed by atoms with Gasteiger partial charge in [-0.05, 0) is 32.1 Å². The summed E-state index contributed by atoms with van der Waals surface area (Å²) in [5.41, 5.74) is -0.188. The van der Waals surface area contributed by atoms with Gasteiger partial charge in [0.15, 0.2) is 0 Å². The molecule has 0 radical (unpaired) electrons. The minimum absolute atomic E-state index is 0.188. The molecule has 0 aromatic rings. The molecule has 1 saturated carbocycles. The Kier molecular flexibility index (Phi) is 3.90. The first-order valence-electron chi connectivity index (χ1n) is 6.60. The number of carboxylic acids is 1. The SMILES string of the molecule is COCCC1(C(=O)N2CCC(C(=O)O)CC2)CC1. The summed E-state index contributed by atoms with van der Waals surface area (Å²) in [6.45, 7) is 1.80. The van der Waals surface area contributed by atoms with Crippen molar-refractivity contribution >= 4 is 11.9 Å². The van der Waals surface area contributed by atoms with E-state index in [0.29, 0.717) is 32.5 Å². The fourth-order valence-electron chi connectivity index (χ4n) is 2.68. The lowest BCUT2D eigenvalue weighted by atomic mass is 9.94. The summed E-state index contributed by atoms with van der Waals surface area (Å²) in [7, 11) is 1.65. The number of ether oxygens (including phenoxy) is 1. The van der Waals surface area contributed by atoms with Crippen LogP contribution >= 0.6 is 0 Å². The number of carbonyl (C=O) groups is 2. The maximum Gasteiger partial charge on any atom is 0.306 e. The van der Waals surface area contributed by atoms with Crippen LogP contribution in [0.2, 0.25) is 0 Å². The summed E-state index contributed by atoms with van der Waals surface area (Å²) in [4.78, 5) is 25.1. The predicted molar refractivity (Wildman–Crippen MR) is 65.1 cm³/mol. The Hall–Kier alpha value is -1.10. The lowest BCUT2D eigenvalue weighted by Crippen LogP contribution is -2.44. The zero-order chi connectivity index (χ0) is 13.2. The molecule has 1 amide bonds. The number of hydrogen-bond donors (Lipinski definition) is 1. The average Bonchev–Trinajstić information content (AvgIpc) is 3.17. The highest BCUT2D eigenvalue weighted by Crippen LogP contribution is 2.50. The first-order chi connectivity index (χ1) is 8.59. The van der Waals surface area contributed by atoms with Crippen LogP contribution in [-0.2, 0) is 14.3 Å². The molecule has 2 fully saturated rings. The van der Waals surface area contributed by atoms with Gasteiger partial charge in [0.2, 0.25) is 5.91 Å². The summed E-state index contributed by atoms with van der Waals surface area (Å²) in [5.74, 6) is -0.797. The van der Waals surface area contributed by atoms with Crippen molar-refractivity contribution in [2.45, 2.75) is 32.1 Å². The van der Waals surface area contributed by atoms with Crippen molar-refractivity contribution in [3.05, 3.63) is 0 Å². The van der Waals surface area contributed by atoms with E-state index in [0.717, 1.165) is 19.3 Å². The first kappa shape index (κ1) is 13.3. The summed E-state index contributed by atoms with van der Waals surface area (Å²) < 4.78 is 5.06. The second-order valence-corrected chi connectivity index (χ2v) is 5.43. The lowest BCUT2D eigenvalue weighted by molar-refractivity contribution is -0.147. The van der Waals surface area contributed by atoms with Gasteiger partial charge in [0, 0.05) is 26.8 Å². The molecule has 0 atom stereocenters. The fraction of sp³-hybridized carbons (Fsp3) is 0.846. The molecular weight excluding hydrogens is 234 g/mol. The minimum Gasteiger partial charge on any atom is -0.481 e. The highest BCUT2D eigenvalue weighted by Gasteiger charge is 2.51. The molecule has 2 rings (SSSR count). The molecule has 5 heteroatoms. The van der Waals surface area contributed by atoms with Gasteiger partial charge in [-0.3, -0.25) is 9.59 Å². The van der Waals surface area contributed by atoms with E-state index in [4.69, 9.17) is 9.84 Å². The summed E-state index contributed by atoms with van der Waals surface area (Å²) in [5, 5.41) is 8.93. The van der Waals surface area contributed by atoms with Crippen LogP contribution in [0.1, 0.15) is 32.1 Å². The van der Waals surface area contributed by atoms with Gasteiger partial charge in [-0.2, -0.15) is 0 Å². The maximum atomic E-state index is 12.4. The molecule has 0 bridgehead atoms. The molecule has 102 valence electrons. The lowest BCUT2D eigenvalue weighted by Gasteiger charge is -2.33.